The molecule has 1 heterocycles. The summed E-state index contributed by atoms with van der Waals surface area (Å²) in [6.45, 7) is 2.25. The highest BCUT2D eigenvalue weighted by atomic mass is 15.3. The number of aromatic amines is 1. The largest absolute Gasteiger partial charge is 0.271 e. The van der Waals surface area contributed by atoms with E-state index in [1.54, 1.807) is 0 Å². The Kier molecular flexibility index (Phi) is 8.42. The quantitative estimate of drug-likeness (QED) is 0.322. The highest BCUT2D eigenvalue weighted by molar-refractivity contribution is 4.89. The highest BCUT2D eigenvalue weighted by Crippen LogP contribution is 2.16. The molecule has 5 nitrogen and oxygen atoms in total. The number of aromatic nitrogens is 3. The first kappa shape index (κ1) is 15.1. The van der Waals surface area contributed by atoms with Crippen molar-refractivity contribution < 1.29 is 0 Å². The fourth-order valence-corrected chi connectivity index (χ4v) is 2.16. The van der Waals surface area contributed by atoms with Gasteiger partial charge in [0, 0.05) is 0 Å². The lowest BCUT2D eigenvalue weighted by molar-refractivity contribution is 0.458. The Morgan fingerprint density at radius 1 is 1.17 bits per heavy atom. The monoisotopic (exact) mass is 253 g/mol. The maximum atomic E-state index is 5.52. The van der Waals surface area contributed by atoms with E-state index in [4.69, 9.17) is 5.84 Å². The number of hydrazine groups is 1. The van der Waals surface area contributed by atoms with Gasteiger partial charge in [-0.25, -0.2) is 10.4 Å². The summed E-state index contributed by atoms with van der Waals surface area (Å²) in [4.78, 5) is 4.13. The standard InChI is InChI=1S/C13H27N5/c1-2-3-4-5-6-7-8-9-10-12(17-14)13-15-11-16-18-13/h11-12,17H,2-10,14H2,1H3,(H,15,16,18). The van der Waals surface area contributed by atoms with E-state index in [0.717, 1.165) is 12.2 Å². The first-order chi connectivity index (χ1) is 8.88. The Hall–Kier alpha value is -0.940. The van der Waals surface area contributed by atoms with Crippen LogP contribution in [-0.4, -0.2) is 15.2 Å². The summed E-state index contributed by atoms with van der Waals surface area (Å²) >= 11 is 0. The Bertz CT molecular complexity index is 273. The molecule has 1 atom stereocenters. The number of nitrogens with one attached hydrogen (secondary N) is 2. The molecule has 104 valence electrons. The second-order valence-corrected chi connectivity index (χ2v) is 4.85. The van der Waals surface area contributed by atoms with Crippen LogP contribution in [0, 0.1) is 0 Å². The average molecular weight is 253 g/mol. The summed E-state index contributed by atoms with van der Waals surface area (Å²) in [6, 6.07) is 0.104. The van der Waals surface area contributed by atoms with Crippen LogP contribution in [0.15, 0.2) is 6.33 Å². The van der Waals surface area contributed by atoms with Gasteiger partial charge in [0.25, 0.3) is 0 Å². The van der Waals surface area contributed by atoms with E-state index in [1.807, 2.05) is 0 Å². The lowest BCUT2D eigenvalue weighted by Crippen LogP contribution is -2.28. The van der Waals surface area contributed by atoms with Gasteiger partial charge in [-0.2, -0.15) is 5.10 Å². The average Bonchev–Trinajstić information content (AvgIpc) is 2.91. The van der Waals surface area contributed by atoms with Crippen LogP contribution in [0.25, 0.3) is 0 Å². The second kappa shape index (κ2) is 10.0. The lowest BCUT2D eigenvalue weighted by Gasteiger charge is -2.12. The summed E-state index contributed by atoms with van der Waals surface area (Å²) in [6.07, 6.45) is 13.2. The molecular formula is C13H27N5. The van der Waals surface area contributed by atoms with Crippen LogP contribution in [0.4, 0.5) is 0 Å². The van der Waals surface area contributed by atoms with Crippen molar-refractivity contribution in [1.29, 1.82) is 0 Å². The van der Waals surface area contributed by atoms with Crippen molar-refractivity contribution in [2.45, 2.75) is 70.8 Å². The first-order valence-electron chi connectivity index (χ1n) is 7.19. The molecule has 0 aliphatic carbocycles. The van der Waals surface area contributed by atoms with Crippen molar-refractivity contribution in [1.82, 2.24) is 20.6 Å². The molecule has 1 rings (SSSR count). The zero-order valence-electron chi connectivity index (χ0n) is 11.5. The van der Waals surface area contributed by atoms with Crippen LogP contribution in [0.5, 0.6) is 0 Å². The number of unbranched alkanes of at least 4 members (excludes halogenated alkanes) is 7. The van der Waals surface area contributed by atoms with Crippen LogP contribution in [-0.2, 0) is 0 Å². The zero-order valence-corrected chi connectivity index (χ0v) is 11.5. The summed E-state index contributed by atoms with van der Waals surface area (Å²) in [5.41, 5.74) is 2.79. The molecule has 0 amide bonds. The van der Waals surface area contributed by atoms with Crippen molar-refractivity contribution in [2.75, 3.05) is 0 Å². The normalized spacial score (nSPS) is 12.8. The smallest absolute Gasteiger partial charge is 0.142 e. The van der Waals surface area contributed by atoms with Crippen molar-refractivity contribution in [3.05, 3.63) is 12.2 Å². The highest BCUT2D eigenvalue weighted by Gasteiger charge is 2.11. The molecule has 0 spiro atoms. The molecule has 5 heteroatoms. The molecule has 0 saturated carbocycles. The van der Waals surface area contributed by atoms with E-state index in [9.17, 15) is 0 Å². The Morgan fingerprint density at radius 2 is 1.83 bits per heavy atom. The summed E-state index contributed by atoms with van der Waals surface area (Å²) in [5.74, 6) is 6.36. The summed E-state index contributed by atoms with van der Waals surface area (Å²) < 4.78 is 0. The van der Waals surface area contributed by atoms with Crippen LogP contribution < -0.4 is 11.3 Å². The van der Waals surface area contributed by atoms with E-state index in [1.165, 1.54) is 57.7 Å². The molecule has 0 bridgehead atoms. The van der Waals surface area contributed by atoms with Gasteiger partial charge in [-0.05, 0) is 6.42 Å². The molecule has 0 aromatic carbocycles. The van der Waals surface area contributed by atoms with Gasteiger partial charge < -0.3 is 0 Å². The van der Waals surface area contributed by atoms with Crippen molar-refractivity contribution in [3.63, 3.8) is 0 Å². The molecular weight excluding hydrogens is 226 g/mol. The van der Waals surface area contributed by atoms with E-state index < -0.39 is 0 Å². The van der Waals surface area contributed by atoms with Crippen LogP contribution in [0.1, 0.15) is 76.6 Å². The molecule has 1 unspecified atom stereocenters. The number of nitrogens with two attached hydrogens (primary N) is 1. The minimum atomic E-state index is 0.104. The third kappa shape index (κ3) is 6.12. The number of rotatable bonds is 11. The molecule has 18 heavy (non-hydrogen) atoms. The van der Waals surface area contributed by atoms with Gasteiger partial charge >= 0.3 is 0 Å². The zero-order chi connectivity index (χ0) is 13.1. The van der Waals surface area contributed by atoms with Crippen molar-refractivity contribution in [2.24, 2.45) is 5.84 Å². The van der Waals surface area contributed by atoms with Gasteiger partial charge in [-0.3, -0.25) is 10.9 Å². The molecule has 0 saturated heterocycles. The molecule has 0 radical (unpaired) electrons. The maximum absolute atomic E-state index is 5.52. The van der Waals surface area contributed by atoms with Gasteiger partial charge in [0.05, 0.1) is 6.04 Å². The van der Waals surface area contributed by atoms with E-state index in [-0.39, 0.29) is 6.04 Å². The minimum absolute atomic E-state index is 0.104. The van der Waals surface area contributed by atoms with E-state index in [2.05, 4.69) is 27.5 Å². The van der Waals surface area contributed by atoms with Gasteiger partial charge in [-0.15, -0.1) is 0 Å². The Balaban J connectivity index is 1.99. The fraction of sp³-hybridized carbons (Fsp3) is 0.846. The molecule has 0 fully saturated rings. The number of H-pyrrole nitrogens is 1. The van der Waals surface area contributed by atoms with Crippen LogP contribution >= 0.6 is 0 Å². The van der Waals surface area contributed by atoms with E-state index in [0.29, 0.717) is 0 Å². The molecule has 1 aromatic heterocycles. The maximum Gasteiger partial charge on any atom is 0.142 e. The molecule has 0 aliphatic rings. The second-order valence-electron chi connectivity index (χ2n) is 4.85. The number of hydrogen-bond acceptors (Lipinski definition) is 4. The minimum Gasteiger partial charge on any atom is -0.271 e. The molecule has 0 aliphatic heterocycles. The van der Waals surface area contributed by atoms with Gasteiger partial charge in [0.15, 0.2) is 0 Å². The first-order valence-corrected chi connectivity index (χ1v) is 7.19. The Morgan fingerprint density at radius 3 is 2.39 bits per heavy atom. The van der Waals surface area contributed by atoms with Gasteiger partial charge in [-0.1, -0.05) is 58.3 Å². The van der Waals surface area contributed by atoms with Crippen LogP contribution in [0.3, 0.4) is 0 Å². The number of nitrogens with zero attached hydrogens (tertiary/aromatic N) is 2. The summed E-state index contributed by atoms with van der Waals surface area (Å²) in [5, 5.41) is 6.71. The van der Waals surface area contributed by atoms with E-state index >= 15 is 0 Å². The number of hydrogen-bond donors (Lipinski definition) is 3. The fourth-order valence-electron chi connectivity index (χ4n) is 2.16. The Labute approximate surface area is 110 Å². The van der Waals surface area contributed by atoms with Gasteiger partial charge in [0.1, 0.15) is 12.2 Å². The molecule has 4 N–H and O–H groups in total. The van der Waals surface area contributed by atoms with Crippen molar-refractivity contribution >= 4 is 0 Å². The summed E-state index contributed by atoms with van der Waals surface area (Å²) in [7, 11) is 0. The molecule has 1 aromatic rings. The van der Waals surface area contributed by atoms with Crippen LogP contribution in [0.2, 0.25) is 0 Å². The SMILES string of the molecule is CCCCCCCCCCC(NN)c1ncn[nH]1. The van der Waals surface area contributed by atoms with Gasteiger partial charge in [0.2, 0.25) is 0 Å². The third-order valence-corrected chi connectivity index (χ3v) is 3.31. The predicted molar refractivity (Wildman–Crippen MR) is 73.7 cm³/mol. The van der Waals surface area contributed by atoms with Crippen molar-refractivity contribution in [3.8, 4) is 0 Å². The third-order valence-electron chi connectivity index (χ3n) is 3.31. The lowest BCUT2D eigenvalue weighted by atomic mass is 10.0. The topological polar surface area (TPSA) is 79.6 Å². The predicted octanol–water partition coefficient (Wildman–Crippen LogP) is 2.84.